The number of aromatic nitrogens is 3. The van der Waals surface area contributed by atoms with Crippen LogP contribution in [0, 0.1) is 13.8 Å². The van der Waals surface area contributed by atoms with Crippen LogP contribution in [0.15, 0.2) is 30.3 Å². The lowest BCUT2D eigenvalue weighted by Gasteiger charge is -2.22. The molecule has 1 amide bonds. The SMILES string of the molecule is CCC(=O)Nc1cc2nn(-c3ccc(N(CC)CC)cc3C)nc2cc1C. The number of hydrogen-bond acceptors (Lipinski definition) is 4. The third kappa shape index (κ3) is 3.79. The number of carbonyl (C=O) groups is 1. The molecule has 0 aliphatic carbocycles. The number of anilines is 2. The Balaban J connectivity index is 1.99. The Kier molecular flexibility index (Phi) is 5.44. The molecule has 0 unspecified atom stereocenters. The number of amides is 1. The van der Waals surface area contributed by atoms with Crippen LogP contribution in [0.1, 0.15) is 38.3 Å². The number of benzene rings is 2. The molecule has 0 saturated carbocycles. The average Bonchev–Trinajstić information content (AvgIpc) is 3.05. The molecule has 6 nitrogen and oxygen atoms in total. The molecule has 0 aliphatic heterocycles. The second kappa shape index (κ2) is 7.78. The number of carbonyl (C=O) groups excluding carboxylic acids is 1. The van der Waals surface area contributed by atoms with Crippen LogP contribution in [-0.2, 0) is 4.79 Å². The van der Waals surface area contributed by atoms with Crippen molar-refractivity contribution < 1.29 is 4.79 Å². The molecule has 3 rings (SSSR count). The molecule has 27 heavy (non-hydrogen) atoms. The van der Waals surface area contributed by atoms with Gasteiger partial charge in [-0.15, -0.1) is 10.2 Å². The standard InChI is InChI=1S/C21H27N5O/c1-6-21(27)22-17-13-19-18(12-14(17)4)23-26(24-19)20-10-9-16(11-15(20)5)25(7-2)8-3/h9-13H,6-8H2,1-5H3,(H,22,27). The normalized spacial score (nSPS) is 11.0. The molecule has 1 aromatic heterocycles. The van der Waals surface area contributed by atoms with Crippen molar-refractivity contribution in [1.82, 2.24) is 15.0 Å². The Morgan fingerprint density at radius 3 is 2.26 bits per heavy atom. The maximum absolute atomic E-state index is 11.7. The summed E-state index contributed by atoms with van der Waals surface area (Å²) in [7, 11) is 0. The van der Waals surface area contributed by atoms with Gasteiger partial charge in [0.25, 0.3) is 0 Å². The summed E-state index contributed by atoms with van der Waals surface area (Å²) in [6.45, 7) is 12.2. The molecule has 0 fully saturated rings. The van der Waals surface area contributed by atoms with Crippen LogP contribution in [0.3, 0.4) is 0 Å². The molecule has 0 spiro atoms. The van der Waals surface area contributed by atoms with Crippen molar-refractivity contribution in [3.8, 4) is 5.69 Å². The average molecular weight is 365 g/mol. The quantitative estimate of drug-likeness (QED) is 0.710. The van der Waals surface area contributed by atoms with Crippen LogP contribution in [-0.4, -0.2) is 34.0 Å². The first-order chi connectivity index (χ1) is 13.0. The van der Waals surface area contributed by atoms with Gasteiger partial charge in [0.2, 0.25) is 5.91 Å². The summed E-state index contributed by atoms with van der Waals surface area (Å²) in [5.41, 5.74) is 6.63. The van der Waals surface area contributed by atoms with Gasteiger partial charge in [0, 0.05) is 30.9 Å². The van der Waals surface area contributed by atoms with Gasteiger partial charge in [-0.1, -0.05) is 6.92 Å². The van der Waals surface area contributed by atoms with Gasteiger partial charge in [-0.05, 0) is 69.2 Å². The molecule has 0 saturated heterocycles. The summed E-state index contributed by atoms with van der Waals surface area (Å²) >= 11 is 0. The van der Waals surface area contributed by atoms with E-state index >= 15 is 0 Å². The maximum Gasteiger partial charge on any atom is 0.224 e. The summed E-state index contributed by atoms with van der Waals surface area (Å²) in [4.78, 5) is 15.7. The van der Waals surface area contributed by atoms with E-state index in [1.165, 1.54) is 5.69 Å². The first-order valence-corrected chi connectivity index (χ1v) is 9.50. The summed E-state index contributed by atoms with van der Waals surface area (Å²) in [6, 6.07) is 10.2. The molecule has 142 valence electrons. The van der Waals surface area contributed by atoms with Gasteiger partial charge >= 0.3 is 0 Å². The molecule has 3 aromatic rings. The number of aryl methyl sites for hydroxylation is 2. The molecule has 1 N–H and O–H groups in total. The molecule has 6 heteroatoms. The van der Waals surface area contributed by atoms with Crippen molar-refractivity contribution in [3.63, 3.8) is 0 Å². The van der Waals surface area contributed by atoms with Crippen molar-refractivity contribution in [3.05, 3.63) is 41.5 Å². The fourth-order valence-electron chi connectivity index (χ4n) is 3.20. The van der Waals surface area contributed by atoms with Gasteiger partial charge in [-0.3, -0.25) is 4.79 Å². The number of hydrogen-bond donors (Lipinski definition) is 1. The van der Waals surface area contributed by atoms with E-state index in [0.29, 0.717) is 6.42 Å². The van der Waals surface area contributed by atoms with Crippen LogP contribution in [0.2, 0.25) is 0 Å². The molecule has 0 atom stereocenters. The number of nitrogens with one attached hydrogen (secondary N) is 1. The molecule has 0 aliphatic rings. The van der Waals surface area contributed by atoms with E-state index in [4.69, 9.17) is 0 Å². The third-order valence-electron chi connectivity index (χ3n) is 4.85. The first-order valence-electron chi connectivity index (χ1n) is 9.50. The van der Waals surface area contributed by atoms with Gasteiger partial charge in [0.05, 0.1) is 5.69 Å². The maximum atomic E-state index is 11.7. The summed E-state index contributed by atoms with van der Waals surface area (Å²) in [6.07, 6.45) is 0.447. The number of nitrogens with zero attached hydrogens (tertiary/aromatic N) is 4. The van der Waals surface area contributed by atoms with Gasteiger partial charge in [-0.2, -0.15) is 4.80 Å². The van der Waals surface area contributed by atoms with Gasteiger partial charge in [0.1, 0.15) is 11.0 Å². The van der Waals surface area contributed by atoms with Gasteiger partial charge < -0.3 is 10.2 Å². The largest absolute Gasteiger partial charge is 0.372 e. The molecule has 2 aromatic carbocycles. The highest BCUT2D eigenvalue weighted by Gasteiger charge is 2.12. The number of rotatable bonds is 6. The smallest absolute Gasteiger partial charge is 0.224 e. The zero-order chi connectivity index (χ0) is 19.6. The van der Waals surface area contributed by atoms with E-state index in [9.17, 15) is 4.79 Å². The van der Waals surface area contributed by atoms with E-state index in [1.807, 2.05) is 26.0 Å². The Morgan fingerprint density at radius 1 is 1.00 bits per heavy atom. The molecule has 1 heterocycles. The minimum absolute atomic E-state index is 0.00678. The number of fused-ring (bicyclic) bond motifs is 1. The van der Waals surface area contributed by atoms with Crippen LogP contribution >= 0.6 is 0 Å². The van der Waals surface area contributed by atoms with Crippen LogP contribution in [0.25, 0.3) is 16.7 Å². The Hall–Kier alpha value is -2.89. The van der Waals surface area contributed by atoms with Gasteiger partial charge in [-0.25, -0.2) is 0 Å². The lowest BCUT2D eigenvalue weighted by Crippen LogP contribution is -2.21. The predicted molar refractivity (Wildman–Crippen MR) is 111 cm³/mol. The van der Waals surface area contributed by atoms with Crippen molar-refractivity contribution in [2.24, 2.45) is 0 Å². The van der Waals surface area contributed by atoms with Crippen LogP contribution in [0.5, 0.6) is 0 Å². The van der Waals surface area contributed by atoms with Crippen molar-refractivity contribution in [2.45, 2.75) is 41.0 Å². The zero-order valence-corrected chi connectivity index (χ0v) is 16.7. The van der Waals surface area contributed by atoms with Crippen LogP contribution < -0.4 is 10.2 Å². The second-order valence-electron chi connectivity index (χ2n) is 6.69. The fraction of sp³-hybridized carbons (Fsp3) is 0.381. The molecule has 0 radical (unpaired) electrons. The Morgan fingerprint density at radius 2 is 1.67 bits per heavy atom. The van der Waals surface area contributed by atoms with Crippen molar-refractivity contribution >= 4 is 28.3 Å². The van der Waals surface area contributed by atoms with E-state index in [2.05, 4.69) is 59.4 Å². The predicted octanol–water partition coefficient (Wildman–Crippen LogP) is 4.23. The topological polar surface area (TPSA) is 63.1 Å². The summed E-state index contributed by atoms with van der Waals surface area (Å²) in [5, 5.41) is 12.2. The lowest BCUT2D eigenvalue weighted by atomic mass is 10.1. The van der Waals surface area contributed by atoms with E-state index in [-0.39, 0.29) is 5.91 Å². The fourth-order valence-corrected chi connectivity index (χ4v) is 3.20. The Bertz CT molecular complexity index is 972. The van der Waals surface area contributed by atoms with Crippen LogP contribution in [0.4, 0.5) is 11.4 Å². The Labute approximate surface area is 160 Å². The van der Waals surface area contributed by atoms with Gasteiger partial charge in [0.15, 0.2) is 0 Å². The minimum atomic E-state index is -0.00678. The minimum Gasteiger partial charge on any atom is -0.372 e. The first kappa shape index (κ1) is 18.9. The third-order valence-corrected chi connectivity index (χ3v) is 4.85. The molecule has 0 bridgehead atoms. The highest BCUT2D eigenvalue weighted by Crippen LogP contribution is 2.25. The highest BCUT2D eigenvalue weighted by atomic mass is 16.1. The summed E-state index contributed by atoms with van der Waals surface area (Å²) in [5.74, 6) is -0.00678. The monoisotopic (exact) mass is 365 g/mol. The summed E-state index contributed by atoms with van der Waals surface area (Å²) < 4.78 is 0. The molecular weight excluding hydrogens is 338 g/mol. The molecular formula is C21H27N5O. The van der Waals surface area contributed by atoms with E-state index in [0.717, 1.165) is 46.6 Å². The lowest BCUT2D eigenvalue weighted by molar-refractivity contribution is -0.115. The second-order valence-corrected chi connectivity index (χ2v) is 6.69. The van der Waals surface area contributed by atoms with Crippen molar-refractivity contribution in [1.29, 1.82) is 0 Å². The van der Waals surface area contributed by atoms with E-state index in [1.54, 1.807) is 4.80 Å². The highest BCUT2D eigenvalue weighted by molar-refractivity contribution is 5.93. The van der Waals surface area contributed by atoms with Crippen molar-refractivity contribution in [2.75, 3.05) is 23.3 Å². The van der Waals surface area contributed by atoms with E-state index < -0.39 is 0 Å². The zero-order valence-electron chi connectivity index (χ0n) is 16.7.